The first-order valence-electron chi connectivity index (χ1n) is 11.2. The number of carbonyl (C=O) groups excluding carboxylic acids is 2. The predicted octanol–water partition coefficient (Wildman–Crippen LogP) is 4.02. The van der Waals surface area contributed by atoms with E-state index in [4.69, 9.17) is 27.9 Å². The summed E-state index contributed by atoms with van der Waals surface area (Å²) in [5.41, 5.74) is 3.70. The summed E-state index contributed by atoms with van der Waals surface area (Å²) in [5.74, 6) is -0.182. The van der Waals surface area contributed by atoms with Crippen molar-refractivity contribution in [2.75, 3.05) is 12.4 Å². The maximum atomic E-state index is 13.2. The number of aromatic nitrogens is 5. The molecule has 12 heteroatoms. The number of alkyl halides is 2. The lowest BCUT2D eigenvalue weighted by atomic mass is 10.1. The average Bonchev–Trinajstić information content (AvgIpc) is 3.44. The number of H-pyrrole nitrogens is 1. The number of carbonyl (C=O) groups is 2. The zero-order valence-electron chi connectivity index (χ0n) is 20.1. The van der Waals surface area contributed by atoms with Crippen LogP contribution in [0.1, 0.15) is 48.1 Å². The van der Waals surface area contributed by atoms with Gasteiger partial charge in [0, 0.05) is 29.6 Å². The summed E-state index contributed by atoms with van der Waals surface area (Å²) in [6.45, 7) is 6.20. The van der Waals surface area contributed by atoms with Gasteiger partial charge in [0.05, 0.1) is 12.8 Å². The standard InChI is InChI=1S/C23H29Cl2N7O3/c1-5-32-17(11-12-26-32)22(34)27-16(7-6-8-18(24)25)21(33)28-19-10-9-15(23(29-19)35-4)20-13(2)30-31-14(20)3/h9-12,16,18H,5-8H2,1-4H3,(H,27,34)(H,30,31)(H,28,29,33)/t16-/m0/s1. The number of rotatable bonds is 11. The summed E-state index contributed by atoms with van der Waals surface area (Å²) in [4.78, 5) is 29.9. The summed E-state index contributed by atoms with van der Waals surface area (Å²) >= 11 is 11.7. The fourth-order valence-electron chi connectivity index (χ4n) is 3.77. The van der Waals surface area contributed by atoms with Gasteiger partial charge in [-0.1, -0.05) is 0 Å². The van der Waals surface area contributed by atoms with Crippen molar-refractivity contribution in [2.24, 2.45) is 0 Å². The lowest BCUT2D eigenvalue weighted by molar-refractivity contribution is -0.118. The molecule has 0 fully saturated rings. The molecular weight excluding hydrogens is 493 g/mol. The minimum Gasteiger partial charge on any atom is -0.480 e. The van der Waals surface area contributed by atoms with Gasteiger partial charge in [0.2, 0.25) is 11.8 Å². The number of aryl methyl sites for hydroxylation is 3. The number of pyridine rings is 1. The van der Waals surface area contributed by atoms with Crippen LogP contribution in [0.25, 0.3) is 11.1 Å². The Morgan fingerprint density at radius 1 is 1.20 bits per heavy atom. The molecule has 0 bridgehead atoms. The van der Waals surface area contributed by atoms with Crippen molar-refractivity contribution in [1.82, 2.24) is 30.3 Å². The molecule has 0 saturated carbocycles. The number of nitrogens with zero attached hydrogens (tertiary/aromatic N) is 4. The molecule has 0 unspecified atom stereocenters. The second-order valence-electron chi connectivity index (χ2n) is 7.93. The van der Waals surface area contributed by atoms with Crippen molar-refractivity contribution < 1.29 is 14.3 Å². The average molecular weight is 522 g/mol. The zero-order chi connectivity index (χ0) is 25.5. The first kappa shape index (κ1) is 26.5. The smallest absolute Gasteiger partial charge is 0.270 e. The van der Waals surface area contributed by atoms with E-state index < -0.39 is 22.7 Å². The van der Waals surface area contributed by atoms with Crippen molar-refractivity contribution in [2.45, 2.75) is 57.5 Å². The number of anilines is 1. The molecule has 0 saturated heterocycles. The molecule has 0 aliphatic heterocycles. The van der Waals surface area contributed by atoms with E-state index in [9.17, 15) is 9.59 Å². The second kappa shape index (κ2) is 12.0. The maximum absolute atomic E-state index is 13.2. The number of halogens is 2. The first-order valence-corrected chi connectivity index (χ1v) is 12.1. The molecule has 0 aliphatic rings. The molecule has 3 aromatic rings. The molecule has 35 heavy (non-hydrogen) atoms. The van der Waals surface area contributed by atoms with Crippen LogP contribution in [0.3, 0.4) is 0 Å². The van der Waals surface area contributed by atoms with Crippen molar-refractivity contribution in [3.63, 3.8) is 0 Å². The molecule has 1 atom stereocenters. The summed E-state index contributed by atoms with van der Waals surface area (Å²) in [6, 6.07) is 4.26. The highest BCUT2D eigenvalue weighted by atomic mass is 35.5. The molecule has 0 aliphatic carbocycles. The number of ether oxygens (including phenoxy) is 1. The van der Waals surface area contributed by atoms with Crippen LogP contribution in [0.15, 0.2) is 24.4 Å². The van der Waals surface area contributed by atoms with Gasteiger partial charge in [-0.2, -0.15) is 15.2 Å². The van der Waals surface area contributed by atoms with Gasteiger partial charge in [0.25, 0.3) is 5.91 Å². The van der Waals surface area contributed by atoms with E-state index in [1.165, 1.54) is 7.11 Å². The Kier molecular flexibility index (Phi) is 9.11. The van der Waals surface area contributed by atoms with Crippen LogP contribution in [0.2, 0.25) is 0 Å². The van der Waals surface area contributed by atoms with Crippen LogP contribution in [0.5, 0.6) is 5.88 Å². The van der Waals surface area contributed by atoms with Crippen molar-refractivity contribution in [3.8, 4) is 17.0 Å². The molecule has 2 amide bonds. The largest absolute Gasteiger partial charge is 0.480 e. The lowest BCUT2D eigenvalue weighted by Gasteiger charge is -2.19. The third kappa shape index (κ3) is 6.52. The minimum absolute atomic E-state index is 0.291. The maximum Gasteiger partial charge on any atom is 0.270 e. The molecule has 0 radical (unpaired) electrons. The van der Waals surface area contributed by atoms with Gasteiger partial charge in [0.1, 0.15) is 22.4 Å². The summed E-state index contributed by atoms with van der Waals surface area (Å²) < 4.78 is 7.04. The third-order valence-corrected chi connectivity index (χ3v) is 5.92. The Morgan fingerprint density at radius 2 is 1.97 bits per heavy atom. The van der Waals surface area contributed by atoms with E-state index in [0.29, 0.717) is 43.2 Å². The van der Waals surface area contributed by atoms with Crippen LogP contribution in [0, 0.1) is 13.8 Å². The number of methoxy groups -OCH3 is 1. The number of nitrogens with one attached hydrogen (secondary N) is 3. The highest BCUT2D eigenvalue weighted by Crippen LogP contribution is 2.33. The van der Waals surface area contributed by atoms with Gasteiger partial charge in [-0.15, -0.1) is 23.2 Å². The van der Waals surface area contributed by atoms with Crippen LogP contribution < -0.4 is 15.4 Å². The Morgan fingerprint density at radius 3 is 2.60 bits per heavy atom. The number of hydrogen-bond acceptors (Lipinski definition) is 6. The predicted molar refractivity (Wildman–Crippen MR) is 135 cm³/mol. The molecule has 0 aromatic carbocycles. The van der Waals surface area contributed by atoms with Gasteiger partial charge in [-0.05, 0) is 58.2 Å². The van der Waals surface area contributed by atoms with E-state index in [1.807, 2.05) is 26.8 Å². The van der Waals surface area contributed by atoms with Crippen LogP contribution >= 0.6 is 23.2 Å². The topological polar surface area (TPSA) is 127 Å². The van der Waals surface area contributed by atoms with Crippen LogP contribution in [-0.2, 0) is 11.3 Å². The van der Waals surface area contributed by atoms with E-state index >= 15 is 0 Å². The highest BCUT2D eigenvalue weighted by molar-refractivity contribution is 6.44. The number of amides is 2. The summed E-state index contributed by atoms with van der Waals surface area (Å²) in [6.07, 6.45) is 2.91. The van der Waals surface area contributed by atoms with E-state index in [1.54, 1.807) is 23.0 Å². The Labute approximate surface area is 213 Å². The van der Waals surface area contributed by atoms with Gasteiger partial charge in [0.15, 0.2) is 0 Å². The van der Waals surface area contributed by atoms with Crippen molar-refractivity contribution >= 4 is 40.8 Å². The first-order chi connectivity index (χ1) is 16.7. The number of hydrogen-bond donors (Lipinski definition) is 3. The quantitative estimate of drug-likeness (QED) is 0.327. The van der Waals surface area contributed by atoms with Crippen LogP contribution in [-0.4, -0.2) is 54.8 Å². The monoisotopic (exact) mass is 521 g/mol. The fourth-order valence-corrected chi connectivity index (χ4v) is 4.08. The molecule has 3 N–H and O–H groups in total. The van der Waals surface area contributed by atoms with Crippen LogP contribution in [0.4, 0.5) is 5.82 Å². The molecule has 0 spiro atoms. The van der Waals surface area contributed by atoms with E-state index in [-0.39, 0.29) is 0 Å². The highest BCUT2D eigenvalue weighted by Gasteiger charge is 2.24. The zero-order valence-corrected chi connectivity index (χ0v) is 21.6. The molecule has 188 valence electrons. The third-order valence-electron chi connectivity index (χ3n) is 5.49. The van der Waals surface area contributed by atoms with Gasteiger partial charge in [-0.25, -0.2) is 0 Å². The SMILES string of the molecule is CCn1nccc1C(=O)N[C@@H](CCCC(Cl)Cl)C(=O)Nc1ccc(-c2c(C)n[nH]c2C)c(OC)n1. The summed E-state index contributed by atoms with van der Waals surface area (Å²) in [5, 5.41) is 16.9. The Bertz CT molecular complexity index is 1160. The molecule has 3 aromatic heterocycles. The Hall–Kier alpha value is -3.11. The number of aromatic amines is 1. The Balaban J connectivity index is 1.79. The van der Waals surface area contributed by atoms with Crippen molar-refractivity contribution in [1.29, 1.82) is 0 Å². The second-order valence-corrected chi connectivity index (χ2v) is 9.21. The fraction of sp³-hybridized carbons (Fsp3) is 0.435. The van der Waals surface area contributed by atoms with Crippen molar-refractivity contribution in [3.05, 3.63) is 41.5 Å². The van der Waals surface area contributed by atoms with Gasteiger partial charge < -0.3 is 15.4 Å². The molecular formula is C23H29Cl2N7O3. The van der Waals surface area contributed by atoms with E-state index in [2.05, 4.69) is 30.9 Å². The molecule has 10 nitrogen and oxygen atoms in total. The molecule has 3 heterocycles. The normalized spacial score (nSPS) is 12.0. The lowest BCUT2D eigenvalue weighted by Crippen LogP contribution is -2.44. The molecule has 3 rings (SSSR count). The van der Waals surface area contributed by atoms with E-state index in [0.717, 1.165) is 22.5 Å². The minimum atomic E-state index is -0.833. The van der Waals surface area contributed by atoms with Gasteiger partial charge >= 0.3 is 0 Å². The van der Waals surface area contributed by atoms with Gasteiger partial charge in [-0.3, -0.25) is 19.4 Å². The summed E-state index contributed by atoms with van der Waals surface area (Å²) in [7, 11) is 1.51.